The van der Waals surface area contributed by atoms with Crippen LogP contribution in [0.15, 0.2) is 41.9 Å². The molecule has 0 aliphatic rings. The van der Waals surface area contributed by atoms with Crippen LogP contribution in [-0.2, 0) is 4.74 Å². The van der Waals surface area contributed by atoms with E-state index >= 15 is 0 Å². The van der Waals surface area contributed by atoms with Crippen LogP contribution in [0.2, 0.25) is 0 Å². The van der Waals surface area contributed by atoms with Crippen LogP contribution in [0.5, 0.6) is 0 Å². The number of hydrogen-bond donors (Lipinski definition) is 2. The van der Waals surface area contributed by atoms with Gasteiger partial charge in [-0.2, -0.15) is 0 Å². The number of hydrogen-bond acceptors (Lipinski definition) is 3. The number of ether oxygens (including phenoxy) is 1. The van der Waals surface area contributed by atoms with E-state index in [2.05, 4.69) is 22.2 Å². The van der Waals surface area contributed by atoms with Crippen LogP contribution in [0.1, 0.15) is 11.1 Å². The summed E-state index contributed by atoms with van der Waals surface area (Å²) in [5.74, 6) is 0.334. The molecule has 1 aromatic carbocycles. The van der Waals surface area contributed by atoms with Gasteiger partial charge in [-0.25, -0.2) is 4.99 Å². The monoisotopic (exact) mass is 393 g/mol. The van der Waals surface area contributed by atoms with Crippen molar-refractivity contribution in [1.29, 1.82) is 0 Å². The maximum Gasteiger partial charge on any atom is 0.230 e. The molecule has 1 aromatic rings. The van der Waals surface area contributed by atoms with E-state index in [1.54, 1.807) is 6.08 Å². The molecule has 0 spiro atoms. The molecule has 0 saturated heterocycles. The van der Waals surface area contributed by atoms with E-state index in [0.717, 1.165) is 11.1 Å². The van der Waals surface area contributed by atoms with Gasteiger partial charge in [0.05, 0.1) is 7.11 Å². The van der Waals surface area contributed by atoms with Gasteiger partial charge in [0.25, 0.3) is 0 Å². The lowest BCUT2D eigenvalue weighted by Gasteiger charge is -2.24. The normalized spacial score (nSPS) is 13.2. The molecular weight excluding hydrogens is 377 g/mol. The Kier molecular flexibility index (Phi) is 8.12. The van der Waals surface area contributed by atoms with Gasteiger partial charge in [0.15, 0.2) is 11.3 Å². The fourth-order valence-electron chi connectivity index (χ4n) is 1.59. The molecule has 0 aliphatic heterocycles. The summed E-state index contributed by atoms with van der Waals surface area (Å²) >= 11 is 23.1. The number of aliphatic imine (C=N–C) groups is 1. The lowest BCUT2D eigenvalue weighted by molar-refractivity contribution is 0.397. The zero-order valence-corrected chi connectivity index (χ0v) is 15.9. The van der Waals surface area contributed by atoms with Crippen molar-refractivity contribution in [3.63, 3.8) is 0 Å². The maximum atomic E-state index is 5.99. The van der Waals surface area contributed by atoms with Gasteiger partial charge < -0.3 is 15.4 Å². The van der Waals surface area contributed by atoms with Gasteiger partial charge in [-0.1, -0.05) is 58.6 Å². The molecule has 23 heavy (non-hydrogen) atoms. The number of nitrogens with one attached hydrogen (secondary N) is 2. The Hall–Kier alpha value is -1.01. The topological polar surface area (TPSA) is 45.7 Å². The Bertz CT molecular complexity index is 570. The molecule has 2 N–H and O–H groups in total. The zero-order valence-electron chi connectivity index (χ0n) is 12.8. The number of aryl methyl sites for hydroxylation is 1. The molecule has 0 fully saturated rings. The summed E-state index contributed by atoms with van der Waals surface area (Å²) in [4.78, 5) is 4.35. The first-order valence-corrected chi connectivity index (χ1v) is 8.23. The van der Waals surface area contributed by atoms with Gasteiger partial charge in [0, 0.05) is 12.1 Å². The molecule has 1 rings (SSSR count). The van der Waals surface area contributed by atoms with Crippen LogP contribution >= 0.6 is 47.0 Å². The van der Waals surface area contributed by atoms with Gasteiger partial charge >= 0.3 is 0 Å². The van der Waals surface area contributed by atoms with E-state index in [1.807, 2.05) is 31.2 Å². The average Bonchev–Trinajstić information content (AvgIpc) is 2.49. The molecule has 0 aromatic heterocycles. The van der Waals surface area contributed by atoms with Gasteiger partial charge in [-0.3, -0.25) is 0 Å². The Morgan fingerprint density at radius 2 is 2.00 bits per heavy atom. The number of methoxy groups -OCH3 is 1. The minimum absolute atomic E-state index is 0.296. The van der Waals surface area contributed by atoms with Crippen molar-refractivity contribution in [2.75, 3.05) is 13.7 Å². The Balaban J connectivity index is 3.02. The van der Waals surface area contributed by atoms with E-state index in [9.17, 15) is 0 Å². The van der Waals surface area contributed by atoms with Crippen molar-refractivity contribution in [3.05, 3.63) is 48.0 Å². The fourth-order valence-corrected chi connectivity index (χ4v) is 2.09. The van der Waals surface area contributed by atoms with Gasteiger partial charge in [-0.05, 0) is 31.3 Å². The van der Waals surface area contributed by atoms with Gasteiger partial charge in [-0.15, -0.1) is 6.58 Å². The van der Waals surface area contributed by atoms with Crippen LogP contribution in [0, 0.1) is 6.92 Å². The van der Waals surface area contributed by atoms with Gasteiger partial charge in [0.1, 0.15) is 0 Å². The van der Waals surface area contributed by atoms with E-state index in [4.69, 9.17) is 51.8 Å². The molecule has 0 radical (unpaired) electrons. The minimum Gasteiger partial charge on any atom is -0.481 e. The number of halogens is 3. The number of thiocarbonyl (C=S) groups is 1. The summed E-state index contributed by atoms with van der Waals surface area (Å²) in [6.45, 7) is 6.07. The third kappa shape index (κ3) is 6.96. The van der Waals surface area contributed by atoms with Crippen molar-refractivity contribution < 1.29 is 4.74 Å². The summed E-state index contributed by atoms with van der Waals surface area (Å²) in [6.07, 6.45) is 0.739. The summed E-state index contributed by atoms with van der Waals surface area (Å²) in [5.41, 5.74) is 1.89. The fraction of sp³-hybridized carbons (Fsp3) is 0.333. The van der Waals surface area contributed by atoms with Crippen molar-refractivity contribution in [1.82, 2.24) is 10.6 Å². The molecule has 0 amide bonds. The highest BCUT2D eigenvalue weighted by Crippen LogP contribution is 2.31. The van der Waals surface area contributed by atoms with E-state index in [-0.39, 0.29) is 0 Å². The lowest BCUT2D eigenvalue weighted by atomic mass is 10.1. The average molecular weight is 395 g/mol. The third-order valence-electron chi connectivity index (χ3n) is 2.72. The molecule has 0 bridgehead atoms. The second-order valence-corrected chi connectivity index (χ2v) is 7.37. The van der Waals surface area contributed by atoms with Crippen molar-refractivity contribution in [2.24, 2.45) is 4.99 Å². The second-order valence-electron chi connectivity index (χ2n) is 4.59. The zero-order chi connectivity index (χ0) is 17.5. The first kappa shape index (κ1) is 20.0. The second kappa shape index (κ2) is 9.33. The van der Waals surface area contributed by atoms with Gasteiger partial charge in [0.2, 0.25) is 9.69 Å². The first-order valence-electron chi connectivity index (χ1n) is 6.68. The standard InChI is InChI=1S/C15H18Cl3N3OS/c1-4-9-19-14(23)21-13(15(16,17)18)20-12(22-3)11-7-5-10(2)6-8-11/h4-8,13H,1,9H2,2-3H3,(H2,19,21,23)/b20-12-. The molecule has 1 atom stereocenters. The number of benzene rings is 1. The van der Waals surface area contributed by atoms with Crippen molar-refractivity contribution in [3.8, 4) is 0 Å². The van der Waals surface area contributed by atoms with Crippen LogP contribution in [0.3, 0.4) is 0 Å². The highest BCUT2D eigenvalue weighted by molar-refractivity contribution is 7.80. The SMILES string of the molecule is C=CCNC(=S)NC(/N=C(\OC)c1ccc(C)cc1)C(Cl)(Cl)Cl. The number of rotatable bonds is 5. The number of nitrogens with zero attached hydrogens (tertiary/aromatic N) is 1. The van der Waals surface area contributed by atoms with E-state index in [1.165, 1.54) is 7.11 Å². The van der Waals surface area contributed by atoms with Crippen LogP contribution < -0.4 is 10.6 Å². The Morgan fingerprint density at radius 3 is 2.48 bits per heavy atom. The van der Waals surface area contributed by atoms with Crippen molar-refractivity contribution >= 4 is 58.0 Å². The predicted molar refractivity (Wildman–Crippen MR) is 103 cm³/mol. The molecule has 0 saturated carbocycles. The van der Waals surface area contributed by atoms with Crippen LogP contribution in [-0.4, -0.2) is 34.6 Å². The summed E-state index contributed by atoms with van der Waals surface area (Å²) in [7, 11) is 1.50. The Labute approximate surface area is 156 Å². The lowest BCUT2D eigenvalue weighted by Crippen LogP contribution is -2.47. The molecule has 126 valence electrons. The largest absolute Gasteiger partial charge is 0.481 e. The Morgan fingerprint density at radius 1 is 1.39 bits per heavy atom. The van der Waals surface area contributed by atoms with Crippen molar-refractivity contribution in [2.45, 2.75) is 16.9 Å². The number of alkyl halides is 3. The van der Waals surface area contributed by atoms with Crippen LogP contribution in [0.25, 0.3) is 0 Å². The first-order chi connectivity index (χ1) is 10.8. The highest BCUT2D eigenvalue weighted by Gasteiger charge is 2.34. The molecule has 0 aliphatic carbocycles. The summed E-state index contributed by atoms with van der Waals surface area (Å²) < 4.78 is 3.60. The minimum atomic E-state index is -1.71. The summed E-state index contributed by atoms with van der Waals surface area (Å²) in [6, 6.07) is 7.64. The van der Waals surface area contributed by atoms with E-state index in [0.29, 0.717) is 17.6 Å². The quantitative estimate of drug-likeness (QED) is 0.263. The van der Waals surface area contributed by atoms with Crippen LogP contribution in [0.4, 0.5) is 0 Å². The molecule has 4 nitrogen and oxygen atoms in total. The smallest absolute Gasteiger partial charge is 0.230 e. The predicted octanol–water partition coefficient (Wildman–Crippen LogP) is 3.73. The molecule has 0 heterocycles. The maximum absolute atomic E-state index is 5.99. The summed E-state index contributed by atoms with van der Waals surface area (Å²) in [5, 5.41) is 6.03. The molecule has 1 unspecified atom stereocenters. The third-order valence-corrected chi connectivity index (χ3v) is 3.61. The molecular formula is C15H18Cl3N3OS. The highest BCUT2D eigenvalue weighted by atomic mass is 35.6. The van der Waals surface area contributed by atoms with E-state index < -0.39 is 9.96 Å². The molecule has 8 heteroatoms.